The van der Waals surface area contributed by atoms with Crippen LogP contribution in [0.25, 0.3) is 11.1 Å². The number of pyridine rings is 1. The molecule has 0 N–H and O–H groups in total. The molecule has 5 heteroatoms. The van der Waals surface area contributed by atoms with E-state index < -0.39 is 0 Å². The molecule has 0 bridgehead atoms. The lowest BCUT2D eigenvalue weighted by atomic mass is 10.00. The SMILES string of the molecule is O=C(c1ccc(-c2ccccc2)cc1)N1CCC(N2CCN(c3ccncc3)CC2)CC1. The molecule has 2 fully saturated rings. The lowest BCUT2D eigenvalue weighted by Gasteiger charge is -2.43. The van der Waals surface area contributed by atoms with Crippen LogP contribution in [0.15, 0.2) is 79.1 Å². The van der Waals surface area contributed by atoms with Crippen LogP contribution in [0.5, 0.6) is 0 Å². The fourth-order valence-corrected chi connectivity index (χ4v) is 4.95. The second-order valence-corrected chi connectivity index (χ2v) is 8.70. The third-order valence-corrected chi connectivity index (χ3v) is 6.85. The fraction of sp³-hybridized carbons (Fsp3) is 0.333. The Morgan fingerprint density at radius 1 is 0.719 bits per heavy atom. The summed E-state index contributed by atoms with van der Waals surface area (Å²) in [5, 5.41) is 0. The van der Waals surface area contributed by atoms with Gasteiger partial charge in [-0.3, -0.25) is 14.7 Å². The van der Waals surface area contributed by atoms with Gasteiger partial charge in [0, 0.05) is 69.0 Å². The molecule has 1 aromatic heterocycles. The molecule has 5 rings (SSSR count). The van der Waals surface area contributed by atoms with Crippen molar-refractivity contribution in [1.82, 2.24) is 14.8 Å². The van der Waals surface area contributed by atoms with Crippen LogP contribution >= 0.6 is 0 Å². The Kier molecular flexibility index (Phi) is 6.17. The Bertz CT molecular complexity index is 1010. The monoisotopic (exact) mass is 426 g/mol. The Hall–Kier alpha value is -3.18. The quantitative estimate of drug-likeness (QED) is 0.628. The predicted molar refractivity (Wildman–Crippen MR) is 129 cm³/mol. The minimum Gasteiger partial charge on any atom is -0.369 e. The van der Waals surface area contributed by atoms with Gasteiger partial charge in [0.25, 0.3) is 5.91 Å². The number of piperazine rings is 1. The third kappa shape index (κ3) is 4.53. The number of amides is 1. The van der Waals surface area contributed by atoms with E-state index in [4.69, 9.17) is 0 Å². The van der Waals surface area contributed by atoms with Crippen molar-refractivity contribution in [2.75, 3.05) is 44.2 Å². The largest absolute Gasteiger partial charge is 0.369 e. The Morgan fingerprint density at radius 2 is 1.34 bits per heavy atom. The second-order valence-electron chi connectivity index (χ2n) is 8.70. The van der Waals surface area contributed by atoms with Crippen molar-refractivity contribution in [3.8, 4) is 11.1 Å². The van der Waals surface area contributed by atoms with Crippen molar-refractivity contribution >= 4 is 11.6 Å². The van der Waals surface area contributed by atoms with Crippen molar-refractivity contribution in [3.05, 3.63) is 84.7 Å². The average Bonchev–Trinajstić information content (AvgIpc) is 2.90. The number of likely N-dealkylation sites (tertiary alicyclic amines) is 1. The number of nitrogens with zero attached hydrogens (tertiary/aromatic N) is 4. The molecule has 3 heterocycles. The van der Waals surface area contributed by atoms with Crippen LogP contribution in [-0.2, 0) is 0 Å². The zero-order chi connectivity index (χ0) is 21.8. The maximum atomic E-state index is 13.0. The molecule has 0 spiro atoms. The summed E-state index contributed by atoms with van der Waals surface area (Å²) in [6.07, 6.45) is 5.85. The van der Waals surface area contributed by atoms with E-state index in [1.807, 2.05) is 47.6 Å². The Morgan fingerprint density at radius 3 is 2.00 bits per heavy atom. The van der Waals surface area contributed by atoms with Crippen LogP contribution in [0.3, 0.4) is 0 Å². The van der Waals surface area contributed by atoms with Crippen LogP contribution in [0.1, 0.15) is 23.2 Å². The van der Waals surface area contributed by atoms with Gasteiger partial charge in [-0.15, -0.1) is 0 Å². The van der Waals surface area contributed by atoms with Gasteiger partial charge in [0.05, 0.1) is 0 Å². The Balaban J connectivity index is 1.13. The predicted octanol–water partition coefficient (Wildman–Crippen LogP) is 4.18. The van der Waals surface area contributed by atoms with E-state index in [1.54, 1.807) is 0 Å². The number of piperidine rings is 1. The van der Waals surface area contributed by atoms with Gasteiger partial charge >= 0.3 is 0 Å². The second kappa shape index (κ2) is 9.53. The highest BCUT2D eigenvalue weighted by Gasteiger charge is 2.29. The van der Waals surface area contributed by atoms with E-state index >= 15 is 0 Å². The molecule has 1 amide bonds. The summed E-state index contributed by atoms with van der Waals surface area (Å²) in [5.74, 6) is 0.158. The smallest absolute Gasteiger partial charge is 0.253 e. The average molecular weight is 427 g/mol. The van der Waals surface area contributed by atoms with E-state index in [-0.39, 0.29) is 5.91 Å². The third-order valence-electron chi connectivity index (χ3n) is 6.85. The van der Waals surface area contributed by atoms with Crippen LogP contribution in [0.4, 0.5) is 5.69 Å². The summed E-state index contributed by atoms with van der Waals surface area (Å²) in [5.41, 5.74) is 4.37. The summed E-state index contributed by atoms with van der Waals surface area (Å²) >= 11 is 0. The maximum absolute atomic E-state index is 13.0. The summed E-state index contributed by atoms with van der Waals surface area (Å²) in [6.45, 7) is 5.96. The standard InChI is InChI=1S/C27H30N4O/c32-27(24-8-6-23(7-9-24)22-4-2-1-3-5-22)31-16-12-26(13-17-31)30-20-18-29(19-21-30)25-10-14-28-15-11-25/h1-11,14-15,26H,12-13,16-21H2. The molecular weight excluding hydrogens is 396 g/mol. The van der Waals surface area contributed by atoms with Crippen molar-refractivity contribution in [2.24, 2.45) is 0 Å². The first-order valence-corrected chi connectivity index (χ1v) is 11.6. The van der Waals surface area contributed by atoms with Gasteiger partial charge < -0.3 is 9.80 Å². The lowest BCUT2D eigenvalue weighted by molar-refractivity contribution is 0.0611. The molecule has 2 aliphatic heterocycles. The minimum absolute atomic E-state index is 0.158. The van der Waals surface area contributed by atoms with E-state index in [9.17, 15) is 4.79 Å². The van der Waals surface area contributed by atoms with E-state index in [0.29, 0.717) is 6.04 Å². The summed E-state index contributed by atoms with van der Waals surface area (Å²) < 4.78 is 0. The molecule has 3 aromatic rings. The highest BCUT2D eigenvalue weighted by molar-refractivity contribution is 5.94. The van der Waals surface area contributed by atoms with Crippen LogP contribution in [-0.4, -0.2) is 66.0 Å². The molecular formula is C27H30N4O. The molecule has 2 aliphatic rings. The topological polar surface area (TPSA) is 39.7 Å². The highest BCUT2D eigenvalue weighted by atomic mass is 16.2. The van der Waals surface area contributed by atoms with E-state index in [2.05, 4.69) is 51.2 Å². The first-order chi connectivity index (χ1) is 15.8. The first kappa shape index (κ1) is 20.7. The molecule has 0 atom stereocenters. The van der Waals surface area contributed by atoms with Gasteiger partial charge in [-0.05, 0) is 48.2 Å². The van der Waals surface area contributed by atoms with Gasteiger partial charge in [-0.25, -0.2) is 0 Å². The summed E-state index contributed by atoms with van der Waals surface area (Å²) in [4.78, 5) is 24.2. The fourth-order valence-electron chi connectivity index (χ4n) is 4.95. The van der Waals surface area contributed by atoms with Gasteiger partial charge in [-0.1, -0.05) is 42.5 Å². The number of carbonyl (C=O) groups is 1. The number of aromatic nitrogens is 1. The van der Waals surface area contributed by atoms with Crippen LogP contribution in [0.2, 0.25) is 0 Å². The molecule has 2 aromatic carbocycles. The first-order valence-electron chi connectivity index (χ1n) is 11.6. The van der Waals surface area contributed by atoms with Crippen molar-refractivity contribution in [3.63, 3.8) is 0 Å². The number of anilines is 1. The van der Waals surface area contributed by atoms with Crippen molar-refractivity contribution < 1.29 is 4.79 Å². The van der Waals surface area contributed by atoms with Gasteiger partial charge in [0.15, 0.2) is 0 Å². The summed E-state index contributed by atoms with van der Waals surface area (Å²) in [7, 11) is 0. The number of rotatable bonds is 4. The number of hydrogen-bond acceptors (Lipinski definition) is 4. The Labute approximate surface area is 190 Å². The minimum atomic E-state index is 0.158. The molecule has 32 heavy (non-hydrogen) atoms. The van der Waals surface area contributed by atoms with Gasteiger partial charge in [0.2, 0.25) is 0 Å². The molecule has 0 unspecified atom stereocenters. The zero-order valence-electron chi connectivity index (χ0n) is 18.4. The van der Waals surface area contributed by atoms with Crippen molar-refractivity contribution in [2.45, 2.75) is 18.9 Å². The van der Waals surface area contributed by atoms with Gasteiger partial charge in [0.1, 0.15) is 0 Å². The highest BCUT2D eigenvalue weighted by Crippen LogP contribution is 2.23. The van der Waals surface area contributed by atoms with Crippen LogP contribution < -0.4 is 4.90 Å². The zero-order valence-corrected chi connectivity index (χ0v) is 18.4. The van der Waals surface area contributed by atoms with E-state index in [0.717, 1.165) is 63.2 Å². The molecule has 5 nitrogen and oxygen atoms in total. The van der Waals surface area contributed by atoms with Crippen LogP contribution in [0, 0.1) is 0 Å². The maximum Gasteiger partial charge on any atom is 0.253 e. The number of benzene rings is 2. The summed E-state index contributed by atoms with van der Waals surface area (Å²) in [6, 6.07) is 23.1. The molecule has 0 radical (unpaired) electrons. The number of hydrogen-bond donors (Lipinski definition) is 0. The molecule has 0 saturated carbocycles. The molecule has 2 saturated heterocycles. The molecule has 164 valence electrons. The van der Waals surface area contributed by atoms with Crippen molar-refractivity contribution in [1.29, 1.82) is 0 Å². The number of carbonyl (C=O) groups excluding carboxylic acids is 1. The van der Waals surface area contributed by atoms with E-state index in [1.165, 1.54) is 11.3 Å². The normalized spacial score (nSPS) is 18.0. The lowest BCUT2D eigenvalue weighted by Crippen LogP contribution is -2.53. The van der Waals surface area contributed by atoms with Gasteiger partial charge in [-0.2, -0.15) is 0 Å². The molecule has 0 aliphatic carbocycles.